The molecule has 3 aliphatic rings. The van der Waals surface area contributed by atoms with Crippen molar-refractivity contribution in [3.63, 3.8) is 0 Å². The Balaban J connectivity index is 1.70. The van der Waals surface area contributed by atoms with Gasteiger partial charge in [0, 0.05) is 0 Å². The number of allylic oxidation sites excluding steroid dienone is 2. The lowest BCUT2D eigenvalue weighted by molar-refractivity contribution is 0.0695. The first kappa shape index (κ1) is 13.1. The number of carboxylic acid groups (broad SMARTS) is 1. The second-order valence-corrected chi connectivity index (χ2v) is 7.32. The van der Waals surface area contributed by atoms with Crippen molar-refractivity contribution in [1.82, 2.24) is 0 Å². The van der Waals surface area contributed by atoms with Gasteiger partial charge in [-0.25, -0.2) is 4.79 Å². The van der Waals surface area contributed by atoms with E-state index in [4.69, 9.17) is 5.11 Å². The van der Waals surface area contributed by atoms with Gasteiger partial charge in [-0.05, 0) is 78.5 Å². The van der Waals surface area contributed by atoms with Crippen LogP contribution >= 0.6 is 0 Å². The Bertz CT molecular complexity index is 630. The molecule has 1 saturated carbocycles. The molecule has 3 aliphatic carbocycles. The molecule has 0 radical (unpaired) electrons. The zero-order valence-corrected chi connectivity index (χ0v) is 12.5. The lowest BCUT2D eigenvalue weighted by Crippen LogP contribution is -2.39. The molecule has 4 atom stereocenters. The van der Waals surface area contributed by atoms with Gasteiger partial charge in [-0.2, -0.15) is 0 Å². The first-order valence-corrected chi connectivity index (χ1v) is 8.12. The van der Waals surface area contributed by atoms with Crippen LogP contribution in [-0.4, -0.2) is 11.1 Å². The standard InChI is InChI=1S/C19H22O2/c1-19-9-2-3-17(19)16-7-4-12-11-13(18(20)21)5-6-14(12)15(16)8-10-19/h2,5-6,9,11,15-17H,3-4,7-8,10H2,1H3,(H,20,21)/t15?,16?,17?,19-/m0/s1. The maximum atomic E-state index is 11.2. The van der Waals surface area contributed by atoms with Crippen LogP contribution in [0.5, 0.6) is 0 Å². The van der Waals surface area contributed by atoms with Crippen molar-refractivity contribution in [2.75, 3.05) is 0 Å². The number of aromatic carboxylic acids is 1. The minimum atomic E-state index is -0.809. The molecule has 1 aromatic carbocycles. The van der Waals surface area contributed by atoms with Gasteiger partial charge in [-0.3, -0.25) is 0 Å². The SMILES string of the molecule is C[C@@]12C=CCC1C1CCc3cc(C(=O)O)ccc3C1CC2. The molecule has 0 aromatic heterocycles. The summed E-state index contributed by atoms with van der Waals surface area (Å²) in [5.41, 5.74) is 3.57. The molecule has 110 valence electrons. The Morgan fingerprint density at radius 3 is 3.00 bits per heavy atom. The molecule has 0 saturated heterocycles. The van der Waals surface area contributed by atoms with Crippen molar-refractivity contribution in [2.24, 2.45) is 17.3 Å². The summed E-state index contributed by atoms with van der Waals surface area (Å²) in [5, 5.41) is 9.17. The van der Waals surface area contributed by atoms with Crippen LogP contribution < -0.4 is 0 Å². The minimum absolute atomic E-state index is 0.416. The van der Waals surface area contributed by atoms with Gasteiger partial charge >= 0.3 is 5.97 Å². The molecule has 21 heavy (non-hydrogen) atoms. The molecule has 3 unspecified atom stereocenters. The van der Waals surface area contributed by atoms with Gasteiger partial charge in [0.15, 0.2) is 0 Å². The lowest BCUT2D eigenvalue weighted by Gasteiger charge is -2.49. The number of aryl methyl sites for hydroxylation is 1. The van der Waals surface area contributed by atoms with Gasteiger partial charge in [0.1, 0.15) is 0 Å². The van der Waals surface area contributed by atoms with Crippen molar-refractivity contribution < 1.29 is 9.90 Å². The average molecular weight is 282 g/mol. The monoisotopic (exact) mass is 282 g/mol. The second kappa shape index (κ2) is 4.46. The minimum Gasteiger partial charge on any atom is -0.478 e. The summed E-state index contributed by atoms with van der Waals surface area (Å²) >= 11 is 0. The molecule has 0 aliphatic heterocycles. The fraction of sp³-hybridized carbons (Fsp3) is 0.526. The van der Waals surface area contributed by atoms with Crippen LogP contribution in [-0.2, 0) is 6.42 Å². The largest absolute Gasteiger partial charge is 0.478 e. The third-order valence-corrected chi connectivity index (χ3v) is 6.30. The Morgan fingerprint density at radius 2 is 2.19 bits per heavy atom. The lowest BCUT2D eigenvalue weighted by atomic mass is 9.56. The highest BCUT2D eigenvalue weighted by molar-refractivity contribution is 5.88. The van der Waals surface area contributed by atoms with Crippen molar-refractivity contribution >= 4 is 5.97 Å². The van der Waals surface area contributed by atoms with Gasteiger partial charge in [0.05, 0.1) is 5.56 Å². The molecule has 0 bridgehead atoms. The molecule has 0 spiro atoms. The highest BCUT2D eigenvalue weighted by Gasteiger charge is 2.48. The molecule has 1 fully saturated rings. The van der Waals surface area contributed by atoms with Crippen LogP contribution in [0.1, 0.15) is 60.0 Å². The molecule has 0 heterocycles. The summed E-state index contributed by atoms with van der Waals surface area (Å²) in [6, 6.07) is 5.81. The number of carboxylic acids is 1. The summed E-state index contributed by atoms with van der Waals surface area (Å²) in [4.78, 5) is 11.2. The predicted octanol–water partition coefficient (Wildman–Crippen LogP) is 4.41. The van der Waals surface area contributed by atoms with E-state index in [0.29, 0.717) is 16.9 Å². The van der Waals surface area contributed by atoms with Gasteiger partial charge in [-0.1, -0.05) is 25.1 Å². The molecule has 2 heteroatoms. The van der Waals surface area contributed by atoms with E-state index in [1.54, 1.807) is 6.07 Å². The van der Waals surface area contributed by atoms with E-state index in [9.17, 15) is 4.79 Å². The van der Waals surface area contributed by atoms with E-state index in [-0.39, 0.29) is 0 Å². The molecule has 1 aromatic rings. The predicted molar refractivity (Wildman–Crippen MR) is 82.5 cm³/mol. The van der Waals surface area contributed by atoms with Crippen molar-refractivity contribution in [1.29, 1.82) is 0 Å². The van der Waals surface area contributed by atoms with Crippen LogP contribution in [0.2, 0.25) is 0 Å². The first-order valence-electron chi connectivity index (χ1n) is 8.12. The van der Waals surface area contributed by atoms with Gasteiger partial charge in [0.25, 0.3) is 0 Å². The van der Waals surface area contributed by atoms with Crippen LogP contribution in [0.15, 0.2) is 30.4 Å². The van der Waals surface area contributed by atoms with E-state index in [2.05, 4.69) is 25.1 Å². The maximum Gasteiger partial charge on any atom is 0.335 e. The van der Waals surface area contributed by atoms with Gasteiger partial charge < -0.3 is 5.11 Å². The topological polar surface area (TPSA) is 37.3 Å². The first-order chi connectivity index (χ1) is 10.1. The van der Waals surface area contributed by atoms with Crippen molar-refractivity contribution in [3.8, 4) is 0 Å². The quantitative estimate of drug-likeness (QED) is 0.775. The van der Waals surface area contributed by atoms with E-state index < -0.39 is 5.97 Å². The second-order valence-electron chi connectivity index (χ2n) is 7.32. The summed E-state index contributed by atoms with van der Waals surface area (Å²) in [6.45, 7) is 2.43. The average Bonchev–Trinajstić information content (AvgIpc) is 2.88. The molecular formula is C19H22O2. The molecular weight excluding hydrogens is 260 g/mol. The maximum absolute atomic E-state index is 11.2. The third-order valence-electron chi connectivity index (χ3n) is 6.30. The molecule has 4 rings (SSSR count). The summed E-state index contributed by atoms with van der Waals surface area (Å²) < 4.78 is 0. The van der Waals surface area contributed by atoms with Crippen LogP contribution in [0.3, 0.4) is 0 Å². The van der Waals surface area contributed by atoms with E-state index >= 15 is 0 Å². The summed E-state index contributed by atoms with van der Waals surface area (Å²) in [7, 11) is 0. The fourth-order valence-corrected chi connectivity index (χ4v) is 5.20. The number of rotatable bonds is 1. The molecule has 2 nitrogen and oxygen atoms in total. The highest BCUT2D eigenvalue weighted by atomic mass is 16.4. The molecule has 1 N–H and O–H groups in total. The number of hydrogen-bond donors (Lipinski definition) is 1. The van der Waals surface area contributed by atoms with E-state index in [1.807, 2.05) is 6.07 Å². The Morgan fingerprint density at radius 1 is 1.33 bits per heavy atom. The highest BCUT2D eigenvalue weighted by Crippen LogP contribution is 2.58. The zero-order valence-electron chi connectivity index (χ0n) is 12.5. The normalized spacial score (nSPS) is 36.7. The summed E-state index contributed by atoms with van der Waals surface area (Å²) in [6.07, 6.45) is 10.9. The smallest absolute Gasteiger partial charge is 0.335 e. The number of fused-ring (bicyclic) bond motifs is 5. The third kappa shape index (κ3) is 1.88. The number of hydrogen-bond acceptors (Lipinski definition) is 1. The van der Waals surface area contributed by atoms with Crippen LogP contribution in [0.25, 0.3) is 0 Å². The fourth-order valence-electron chi connectivity index (χ4n) is 5.20. The van der Waals surface area contributed by atoms with E-state index in [1.165, 1.54) is 36.8 Å². The van der Waals surface area contributed by atoms with Crippen LogP contribution in [0, 0.1) is 17.3 Å². The van der Waals surface area contributed by atoms with E-state index in [0.717, 1.165) is 18.3 Å². The van der Waals surface area contributed by atoms with Crippen LogP contribution in [0.4, 0.5) is 0 Å². The summed E-state index contributed by atoms with van der Waals surface area (Å²) in [5.74, 6) is 1.41. The zero-order chi connectivity index (χ0) is 14.6. The Kier molecular flexibility index (Phi) is 2.79. The number of carbonyl (C=O) groups is 1. The van der Waals surface area contributed by atoms with Crippen molar-refractivity contribution in [3.05, 3.63) is 47.0 Å². The molecule has 0 amide bonds. The van der Waals surface area contributed by atoms with Gasteiger partial charge in [-0.15, -0.1) is 0 Å². The Hall–Kier alpha value is -1.57. The number of benzene rings is 1. The van der Waals surface area contributed by atoms with Gasteiger partial charge in [0.2, 0.25) is 0 Å². The van der Waals surface area contributed by atoms with Crippen molar-refractivity contribution in [2.45, 2.75) is 44.9 Å². The Labute approximate surface area is 125 Å².